The average Bonchev–Trinajstić information content (AvgIpc) is 2.77. The number of anilines is 1. The summed E-state index contributed by atoms with van der Waals surface area (Å²) in [5.41, 5.74) is 1.67. The molecule has 110 valence electrons. The molecule has 0 spiro atoms. The van der Waals surface area contributed by atoms with Crippen LogP contribution in [-0.2, 0) is 0 Å². The number of hydrogen-bond acceptors (Lipinski definition) is 3. The summed E-state index contributed by atoms with van der Waals surface area (Å²) in [7, 11) is 0. The van der Waals surface area contributed by atoms with Gasteiger partial charge in [-0.1, -0.05) is 12.8 Å². The van der Waals surface area contributed by atoms with E-state index in [0.29, 0.717) is 5.69 Å². The van der Waals surface area contributed by atoms with Crippen LogP contribution < -0.4 is 4.90 Å². The molecule has 1 aliphatic heterocycles. The molecule has 1 aliphatic rings. The minimum atomic E-state index is 0.0842. The van der Waals surface area contributed by atoms with E-state index < -0.39 is 0 Å². The third-order valence-electron chi connectivity index (χ3n) is 3.98. The van der Waals surface area contributed by atoms with Gasteiger partial charge in [0.1, 0.15) is 5.69 Å². The summed E-state index contributed by atoms with van der Waals surface area (Å²) in [5, 5.41) is 0. The van der Waals surface area contributed by atoms with Crippen molar-refractivity contribution in [2.24, 2.45) is 0 Å². The molecule has 4 heteroatoms. The fourth-order valence-electron chi connectivity index (χ4n) is 2.76. The Morgan fingerprint density at radius 1 is 1.20 bits per heavy atom. The highest BCUT2D eigenvalue weighted by atomic mass is 16.2. The highest BCUT2D eigenvalue weighted by Crippen LogP contribution is 2.17. The van der Waals surface area contributed by atoms with Gasteiger partial charge in [-0.3, -0.25) is 9.78 Å². The van der Waals surface area contributed by atoms with Gasteiger partial charge in [0.25, 0.3) is 5.91 Å². The van der Waals surface area contributed by atoms with Crippen LogP contribution in [0.4, 0.5) is 5.69 Å². The molecule has 0 saturated carbocycles. The van der Waals surface area contributed by atoms with Crippen LogP contribution in [0, 0.1) is 0 Å². The van der Waals surface area contributed by atoms with Crippen LogP contribution in [-0.4, -0.2) is 42.0 Å². The summed E-state index contributed by atoms with van der Waals surface area (Å²) >= 11 is 0. The first-order valence-corrected chi connectivity index (χ1v) is 7.76. The van der Waals surface area contributed by atoms with E-state index in [1.807, 2.05) is 17.0 Å². The third kappa shape index (κ3) is 3.50. The molecule has 1 saturated heterocycles. The standard InChI is InChI=1S/C16H25N3O/c1-3-18(4-2)14-9-10-17-15(13-14)16(20)19-11-7-5-6-8-12-19/h9-10,13H,3-8,11-12H2,1-2H3. The number of carbonyl (C=O) groups excluding carboxylic acids is 1. The number of rotatable bonds is 4. The van der Waals surface area contributed by atoms with Crippen molar-refractivity contribution in [2.75, 3.05) is 31.1 Å². The van der Waals surface area contributed by atoms with E-state index in [1.54, 1.807) is 6.20 Å². The van der Waals surface area contributed by atoms with Gasteiger partial charge in [-0.15, -0.1) is 0 Å². The second kappa shape index (κ2) is 7.27. The zero-order valence-corrected chi connectivity index (χ0v) is 12.6. The number of hydrogen-bond donors (Lipinski definition) is 0. The number of aromatic nitrogens is 1. The molecule has 0 N–H and O–H groups in total. The molecule has 1 amide bonds. The maximum Gasteiger partial charge on any atom is 0.272 e. The Hall–Kier alpha value is -1.58. The van der Waals surface area contributed by atoms with Gasteiger partial charge in [0.2, 0.25) is 0 Å². The summed E-state index contributed by atoms with van der Waals surface area (Å²) in [5.74, 6) is 0.0842. The Balaban J connectivity index is 2.14. The zero-order chi connectivity index (χ0) is 14.4. The summed E-state index contributed by atoms with van der Waals surface area (Å²) in [4.78, 5) is 21.0. The van der Waals surface area contributed by atoms with Crippen molar-refractivity contribution < 1.29 is 4.79 Å². The second-order valence-electron chi connectivity index (χ2n) is 5.28. The Morgan fingerprint density at radius 3 is 2.45 bits per heavy atom. The van der Waals surface area contributed by atoms with Gasteiger partial charge in [0, 0.05) is 38.1 Å². The fraction of sp³-hybridized carbons (Fsp3) is 0.625. The van der Waals surface area contributed by atoms with E-state index in [-0.39, 0.29) is 5.91 Å². The molecule has 0 atom stereocenters. The Kier molecular flexibility index (Phi) is 5.39. The molecule has 2 rings (SSSR count). The highest BCUT2D eigenvalue weighted by molar-refractivity contribution is 5.93. The maximum absolute atomic E-state index is 12.5. The Bertz CT molecular complexity index is 435. The van der Waals surface area contributed by atoms with Crippen LogP contribution in [0.3, 0.4) is 0 Å². The lowest BCUT2D eigenvalue weighted by molar-refractivity contribution is 0.0756. The topological polar surface area (TPSA) is 36.4 Å². The van der Waals surface area contributed by atoms with Crippen molar-refractivity contribution >= 4 is 11.6 Å². The fourth-order valence-corrected chi connectivity index (χ4v) is 2.76. The first-order chi connectivity index (χ1) is 9.76. The van der Waals surface area contributed by atoms with Crippen LogP contribution in [0.15, 0.2) is 18.3 Å². The molecular formula is C16H25N3O. The second-order valence-corrected chi connectivity index (χ2v) is 5.28. The van der Waals surface area contributed by atoms with Gasteiger partial charge < -0.3 is 9.80 Å². The van der Waals surface area contributed by atoms with Crippen molar-refractivity contribution in [3.05, 3.63) is 24.0 Å². The Labute approximate surface area is 121 Å². The van der Waals surface area contributed by atoms with Gasteiger partial charge >= 0.3 is 0 Å². The van der Waals surface area contributed by atoms with Crippen molar-refractivity contribution in [2.45, 2.75) is 39.5 Å². The molecule has 0 radical (unpaired) electrons. The maximum atomic E-state index is 12.5. The Morgan fingerprint density at radius 2 is 1.85 bits per heavy atom. The normalized spacial score (nSPS) is 15.8. The largest absolute Gasteiger partial charge is 0.372 e. The molecule has 4 nitrogen and oxygen atoms in total. The SMILES string of the molecule is CCN(CC)c1ccnc(C(=O)N2CCCCCC2)c1. The van der Waals surface area contributed by atoms with Crippen molar-refractivity contribution in [3.63, 3.8) is 0 Å². The lowest BCUT2D eigenvalue weighted by Crippen LogP contribution is -2.32. The predicted octanol–water partition coefficient (Wildman–Crippen LogP) is 2.94. The monoisotopic (exact) mass is 275 g/mol. The van der Waals surface area contributed by atoms with Gasteiger partial charge in [0.05, 0.1) is 0 Å². The molecule has 2 heterocycles. The van der Waals surface area contributed by atoms with Gasteiger partial charge in [0.15, 0.2) is 0 Å². The summed E-state index contributed by atoms with van der Waals surface area (Å²) in [6.07, 6.45) is 6.44. The van der Waals surface area contributed by atoms with E-state index in [1.165, 1.54) is 12.8 Å². The summed E-state index contributed by atoms with van der Waals surface area (Å²) < 4.78 is 0. The molecular weight excluding hydrogens is 250 g/mol. The zero-order valence-electron chi connectivity index (χ0n) is 12.6. The van der Waals surface area contributed by atoms with Crippen LogP contribution in [0.2, 0.25) is 0 Å². The smallest absolute Gasteiger partial charge is 0.272 e. The third-order valence-corrected chi connectivity index (χ3v) is 3.98. The molecule has 0 aromatic carbocycles. The number of pyridine rings is 1. The molecule has 1 aromatic rings. The van der Waals surface area contributed by atoms with Crippen molar-refractivity contribution in [1.29, 1.82) is 0 Å². The number of likely N-dealkylation sites (tertiary alicyclic amines) is 1. The lowest BCUT2D eigenvalue weighted by Gasteiger charge is -2.23. The molecule has 20 heavy (non-hydrogen) atoms. The van der Waals surface area contributed by atoms with Crippen LogP contribution in [0.1, 0.15) is 50.0 Å². The van der Waals surface area contributed by atoms with E-state index in [0.717, 1.165) is 44.7 Å². The van der Waals surface area contributed by atoms with E-state index >= 15 is 0 Å². The molecule has 0 aliphatic carbocycles. The summed E-state index contributed by atoms with van der Waals surface area (Å²) in [6.45, 7) is 7.88. The number of amides is 1. The molecule has 0 unspecified atom stereocenters. The van der Waals surface area contributed by atoms with Gasteiger partial charge in [-0.25, -0.2) is 0 Å². The van der Waals surface area contributed by atoms with Crippen LogP contribution in [0.25, 0.3) is 0 Å². The minimum absolute atomic E-state index is 0.0842. The molecule has 1 aromatic heterocycles. The lowest BCUT2D eigenvalue weighted by atomic mass is 10.2. The minimum Gasteiger partial charge on any atom is -0.372 e. The number of nitrogens with zero attached hydrogens (tertiary/aromatic N) is 3. The van der Waals surface area contributed by atoms with Crippen molar-refractivity contribution in [1.82, 2.24) is 9.88 Å². The van der Waals surface area contributed by atoms with E-state index in [9.17, 15) is 4.79 Å². The van der Waals surface area contributed by atoms with E-state index in [2.05, 4.69) is 23.7 Å². The first kappa shape index (κ1) is 14.8. The van der Waals surface area contributed by atoms with Crippen LogP contribution in [0.5, 0.6) is 0 Å². The predicted molar refractivity (Wildman–Crippen MR) is 82.2 cm³/mol. The van der Waals surface area contributed by atoms with E-state index in [4.69, 9.17) is 0 Å². The number of carbonyl (C=O) groups is 1. The van der Waals surface area contributed by atoms with Gasteiger partial charge in [-0.2, -0.15) is 0 Å². The van der Waals surface area contributed by atoms with Gasteiger partial charge in [-0.05, 0) is 38.8 Å². The molecule has 0 bridgehead atoms. The average molecular weight is 275 g/mol. The molecule has 1 fully saturated rings. The highest BCUT2D eigenvalue weighted by Gasteiger charge is 2.19. The summed E-state index contributed by atoms with van der Waals surface area (Å²) in [6, 6.07) is 3.91. The van der Waals surface area contributed by atoms with Crippen LogP contribution >= 0.6 is 0 Å². The van der Waals surface area contributed by atoms with Crippen molar-refractivity contribution in [3.8, 4) is 0 Å². The quantitative estimate of drug-likeness (QED) is 0.847. The first-order valence-electron chi connectivity index (χ1n) is 7.76.